The fraction of sp³-hybridized carbons (Fsp3) is 0.969. The quantitative estimate of drug-likeness (QED) is 0.0877. The topological polar surface area (TPSA) is 69.6 Å². The molecule has 4 nitrogen and oxygen atoms in total. The molecule has 0 aromatic carbocycles. The summed E-state index contributed by atoms with van der Waals surface area (Å²) in [5, 5.41) is 22.9. The fourth-order valence-corrected chi connectivity index (χ4v) is 5.06. The monoisotopic (exact) mass is 511 g/mol. The van der Waals surface area contributed by atoms with Gasteiger partial charge in [-0.15, -0.1) is 0 Å². The van der Waals surface area contributed by atoms with Gasteiger partial charge in [0.15, 0.2) is 0 Å². The van der Waals surface area contributed by atoms with Gasteiger partial charge in [-0.1, -0.05) is 162 Å². The summed E-state index contributed by atoms with van der Waals surface area (Å²) in [4.78, 5) is 12.2. The van der Waals surface area contributed by atoms with E-state index in [0.717, 1.165) is 25.7 Å². The highest BCUT2D eigenvalue weighted by molar-refractivity contribution is 5.76. The second kappa shape index (κ2) is 29.0. The lowest BCUT2D eigenvalue weighted by atomic mass is 10.0. The van der Waals surface area contributed by atoms with Crippen LogP contribution in [0.4, 0.5) is 0 Å². The third-order valence-corrected chi connectivity index (χ3v) is 7.62. The summed E-state index contributed by atoms with van der Waals surface area (Å²) in [6.07, 6.45) is 31.4. The van der Waals surface area contributed by atoms with Gasteiger partial charge in [0.05, 0.1) is 18.8 Å². The van der Waals surface area contributed by atoms with Crippen LogP contribution in [0.5, 0.6) is 0 Å². The van der Waals surface area contributed by atoms with Crippen molar-refractivity contribution < 1.29 is 15.0 Å². The van der Waals surface area contributed by atoms with E-state index in [-0.39, 0.29) is 12.5 Å². The standard InChI is InChI=1S/C32H65NO3/c1-3-5-7-9-11-13-15-17-19-21-23-25-27-31(35)30(29-34)33-32(36)28-26-24-22-20-18-16-14-12-10-8-6-4-2/h30-31,34-35H,3-29H2,1-2H3,(H,33,36). The first kappa shape index (κ1) is 35.4. The van der Waals surface area contributed by atoms with Gasteiger partial charge in [0.1, 0.15) is 0 Å². The normalized spacial score (nSPS) is 13.1. The third-order valence-electron chi connectivity index (χ3n) is 7.62. The Hall–Kier alpha value is -0.610. The van der Waals surface area contributed by atoms with Gasteiger partial charge in [-0.05, 0) is 12.8 Å². The van der Waals surface area contributed by atoms with Gasteiger partial charge < -0.3 is 15.5 Å². The minimum absolute atomic E-state index is 0.0325. The van der Waals surface area contributed by atoms with Crippen molar-refractivity contribution in [1.82, 2.24) is 5.32 Å². The first-order valence-electron chi connectivity index (χ1n) is 16.2. The van der Waals surface area contributed by atoms with Crippen LogP contribution in [0.25, 0.3) is 0 Å². The van der Waals surface area contributed by atoms with E-state index in [1.165, 1.54) is 128 Å². The van der Waals surface area contributed by atoms with Crippen LogP contribution in [0.15, 0.2) is 0 Å². The zero-order valence-corrected chi connectivity index (χ0v) is 24.5. The number of hydrogen-bond acceptors (Lipinski definition) is 3. The molecule has 0 rings (SSSR count). The zero-order valence-electron chi connectivity index (χ0n) is 24.5. The predicted octanol–water partition coefficient (Wildman–Crippen LogP) is 9.01. The molecule has 0 bridgehead atoms. The van der Waals surface area contributed by atoms with Crippen molar-refractivity contribution in [2.24, 2.45) is 0 Å². The molecule has 216 valence electrons. The van der Waals surface area contributed by atoms with E-state index in [1.807, 2.05) is 0 Å². The molecule has 1 amide bonds. The van der Waals surface area contributed by atoms with Gasteiger partial charge in [0.2, 0.25) is 5.91 Å². The Morgan fingerprint density at radius 2 is 0.889 bits per heavy atom. The lowest BCUT2D eigenvalue weighted by molar-refractivity contribution is -0.123. The van der Waals surface area contributed by atoms with Crippen molar-refractivity contribution in [3.05, 3.63) is 0 Å². The van der Waals surface area contributed by atoms with E-state index in [4.69, 9.17) is 0 Å². The Balaban J connectivity index is 3.57. The number of carbonyl (C=O) groups is 1. The molecule has 0 heterocycles. The Bertz CT molecular complexity index is 443. The van der Waals surface area contributed by atoms with Crippen molar-refractivity contribution in [2.75, 3.05) is 6.61 Å². The molecule has 0 fully saturated rings. The van der Waals surface area contributed by atoms with Crippen molar-refractivity contribution in [3.63, 3.8) is 0 Å². The molecule has 0 aliphatic heterocycles. The first-order valence-corrected chi connectivity index (χ1v) is 16.2. The highest BCUT2D eigenvalue weighted by Gasteiger charge is 2.19. The van der Waals surface area contributed by atoms with Crippen LogP contribution < -0.4 is 5.32 Å². The molecule has 4 heteroatoms. The van der Waals surface area contributed by atoms with Gasteiger partial charge >= 0.3 is 0 Å². The molecule has 0 aromatic rings. The second-order valence-electron chi connectivity index (χ2n) is 11.2. The van der Waals surface area contributed by atoms with E-state index in [0.29, 0.717) is 12.8 Å². The third kappa shape index (κ3) is 25.1. The van der Waals surface area contributed by atoms with Crippen molar-refractivity contribution >= 4 is 5.91 Å². The van der Waals surface area contributed by atoms with Crippen molar-refractivity contribution in [1.29, 1.82) is 0 Å². The lowest BCUT2D eigenvalue weighted by Crippen LogP contribution is -2.45. The number of aliphatic hydroxyl groups excluding tert-OH is 2. The Kier molecular flexibility index (Phi) is 28.5. The average Bonchev–Trinajstić information content (AvgIpc) is 2.88. The van der Waals surface area contributed by atoms with Gasteiger partial charge in [-0.2, -0.15) is 0 Å². The molecule has 3 N–H and O–H groups in total. The smallest absolute Gasteiger partial charge is 0.220 e. The van der Waals surface area contributed by atoms with Gasteiger partial charge in [-0.25, -0.2) is 0 Å². The van der Waals surface area contributed by atoms with Crippen LogP contribution in [0, 0.1) is 0 Å². The minimum Gasteiger partial charge on any atom is -0.394 e. The maximum Gasteiger partial charge on any atom is 0.220 e. The number of rotatable bonds is 29. The largest absolute Gasteiger partial charge is 0.394 e. The molecule has 0 radical (unpaired) electrons. The van der Waals surface area contributed by atoms with Gasteiger partial charge in [0, 0.05) is 6.42 Å². The second-order valence-corrected chi connectivity index (χ2v) is 11.2. The summed E-state index contributed by atoms with van der Waals surface area (Å²) in [7, 11) is 0. The molecule has 0 saturated carbocycles. The van der Waals surface area contributed by atoms with E-state index in [2.05, 4.69) is 19.2 Å². The summed E-state index contributed by atoms with van der Waals surface area (Å²) < 4.78 is 0. The van der Waals surface area contributed by atoms with Crippen LogP contribution >= 0.6 is 0 Å². The first-order chi connectivity index (χ1) is 17.7. The van der Waals surface area contributed by atoms with Crippen LogP contribution in [0.1, 0.15) is 181 Å². The van der Waals surface area contributed by atoms with Crippen LogP contribution in [-0.2, 0) is 4.79 Å². The zero-order chi connectivity index (χ0) is 26.5. The predicted molar refractivity (Wildman–Crippen MR) is 156 cm³/mol. The number of unbranched alkanes of at least 4 members (excludes halogenated alkanes) is 22. The minimum atomic E-state index is -0.649. The molecular weight excluding hydrogens is 446 g/mol. The Morgan fingerprint density at radius 1 is 0.556 bits per heavy atom. The maximum absolute atomic E-state index is 12.2. The molecule has 0 aliphatic rings. The number of nitrogens with one attached hydrogen (secondary N) is 1. The summed E-state index contributed by atoms with van der Waals surface area (Å²) in [6, 6.07) is -0.525. The number of hydrogen-bond donors (Lipinski definition) is 3. The van der Waals surface area contributed by atoms with E-state index in [1.54, 1.807) is 0 Å². The van der Waals surface area contributed by atoms with E-state index < -0.39 is 12.1 Å². The molecule has 0 aliphatic carbocycles. The maximum atomic E-state index is 12.2. The Labute approximate surface area is 225 Å². The van der Waals surface area contributed by atoms with E-state index >= 15 is 0 Å². The molecule has 0 aromatic heterocycles. The van der Waals surface area contributed by atoms with Gasteiger partial charge in [0.25, 0.3) is 0 Å². The van der Waals surface area contributed by atoms with E-state index in [9.17, 15) is 15.0 Å². The van der Waals surface area contributed by atoms with Crippen molar-refractivity contribution in [3.8, 4) is 0 Å². The summed E-state index contributed by atoms with van der Waals surface area (Å²) in [5.74, 6) is -0.0325. The molecular formula is C32H65NO3. The molecule has 36 heavy (non-hydrogen) atoms. The number of aliphatic hydroxyl groups is 2. The lowest BCUT2D eigenvalue weighted by Gasteiger charge is -2.22. The van der Waals surface area contributed by atoms with Crippen LogP contribution in [0.2, 0.25) is 0 Å². The highest BCUT2D eigenvalue weighted by Crippen LogP contribution is 2.15. The van der Waals surface area contributed by atoms with Crippen LogP contribution in [-0.4, -0.2) is 34.9 Å². The average molecular weight is 512 g/mol. The highest BCUT2D eigenvalue weighted by atomic mass is 16.3. The Morgan fingerprint density at radius 3 is 1.25 bits per heavy atom. The molecule has 2 unspecified atom stereocenters. The van der Waals surface area contributed by atoms with Crippen LogP contribution in [0.3, 0.4) is 0 Å². The molecule has 0 saturated heterocycles. The van der Waals surface area contributed by atoms with Gasteiger partial charge in [-0.3, -0.25) is 4.79 Å². The SMILES string of the molecule is CCCCCCCCCCCCCCC(=O)NC(CO)C(O)CCCCCCCCCCCCCC. The fourth-order valence-electron chi connectivity index (χ4n) is 5.06. The number of amides is 1. The summed E-state index contributed by atoms with van der Waals surface area (Å²) in [5.41, 5.74) is 0. The number of carbonyl (C=O) groups excluding carboxylic acids is 1. The molecule has 0 spiro atoms. The van der Waals surface area contributed by atoms with Crippen molar-refractivity contribution in [2.45, 2.75) is 193 Å². The summed E-state index contributed by atoms with van der Waals surface area (Å²) in [6.45, 7) is 4.34. The molecule has 2 atom stereocenters. The summed E-state index contributed by atoms with van der Waals surface area (Å²) >= 11 is 0.